The van der Waals surface area contributed by atoms with E-state index in [1.54, 1.807) is 0 Å². The fraction of sp³-hybridized carbons (Fsp3) is 0.810. The fourth-order valence-electron chi connectivity index (χ4n) is 5.02. The predicted octanol–water partition coefficient (Wildman–Crippen LogP) is 5.30. The average molecular weight is 540 g/mol. The van der Waals surface area contributed by atoms with Gasteiger partial charge in [0, 0.05) is 18.0 Å². The maximum atomic E-state index is 15.9. The summed E-state index contributed by atoms with van der Waals surface area (Å²) in [6.45, 7) is 15.9. The minimum Gasteiger partial charge on any atom is -0.414 e. The quantitative estimate of drug-likeness (QED) is 0.388. The molecule has 13 heteroatoms. The van der Waals surface area contributed by atoms with E-state index in [0.717, 1.165) is 4.57 Å². The Morgan fingerprint density at radius 2 is 1.65 bits per heavy atom. The summed E-state index contributed by atoms with van der Waals surface area (Å²) in [6, 6.07) is 1.32. The zero-order valence-corrected chi connectivity index (χ0v) is 23.7. The normalized spacial score (nSPS) is 28.3. The van der Waals surface area contributed by atoms with Gasteiger partial charge in [-0.15, -0.1) is 0 Å². The molecule has 3 atom stereocenters. The lowest BCUT2D eigenvalue weighted by atomic mass is 10.1. The van der Waals surface area contributed by atoms with Crippen LogP contribution in [0.25, 0.3) is 0 Å². The van der Waals surface area contributed by atoms with Crippen LogP contribution in [0, 0.1) is 0 Å². The third-order valence-corrected chi connectivity index (χ3v) is 17.3. The molecule has 3 rings (SSSR count). The summed E-state index contributed by atoms with van der Waals surface area (Å²) in [6.07, 6.45) is -3.41. The number of nitrogens with one attached hydrogen (secondary N) is 1. The number of fused-ring (bicyclic) bond motifs is 1. The first-order valence-corrected chi connectivity index (χ1v) is 16.1. The highest BCUT2D eigenvalue weighted by atomic mass is 35.5. The lowest BCUT2D eigenvalue weighted by Gasteiger charge is -2.51. The number of rotatable bonds is 6. The molecule has 0 aromatic carbocycles. The molecule has 2 saturated heterocycles. The van der Waals surface area contributed by atoms with Crippen LogP contribution in [0.1, 0.15) is 61.6 Å². The summed E-state index contributed by atoms with van der Waals surface area (Å²) in [5, 5.41) is 0. The molecule has 2 aliphatic rings. The molecule has 0 spiro atoms. The molecule has 0 amide bonds. The molecule has 3 heterocycles. The Morgan fingerprint density at radius 1 is 1.09 bits per heavy atom. The minimum atomic E-state index is -3.53. The van der Waals surface area contributed by atoms with Crippen LogP contribution in [-0.4, -0.2) is 51.4 Å². The zero-order valence-electron chi connectivity index (χ0n) is 21.0. The third-order valence-electron chi connectivity index (χ3n) is 6.85. The van der Waals surface area contributed by atoms with E-state index in [-0.39, 0.29) is 34.6 Å². The summed E-state index contributed by atoms with van der Waals surface area (Å²) >= 11 is 5.49. The molecule has 0 radical (unpaired) electrons. The molecular formula is C21H36ClF2N3O5Si2. The Bertz CT molecular complexity index is 918. The Kier molecular flexibility index (Phi) is 8.04. The van der Waals surface area contributed by atoms with Gasteiger partial charge in [0.25, 0.3) is 0 Å². The molecule has 0 bridgehead atoms. The second-order valence-corrected chi connectivity index (χ2v) is 19.3. The van der Waals surface area contributed by atoms with Crippen LogP contribution in [0.4, 0.5) is 14.6 Å². The number of hydrogen-bond acceptors (Lipinski definition) is 7. The molecule has 1 aromatic rings. The van der Waals surface area contributed by atoms with E-state index in [4.69, 9.17) is 29.5 Å². The van der Waals surface area contributed by atoms with Crippen molar-refractivity contribution < 1.29 is 26.5 Å². The van der Waals surface area contributed by atoms with Crippen molar-refractivity contribution in [1.82, 2.24) is 9.55 Å². The summed E-state index contributed by atoms with van der Waals surface area (Å²) in [5.74, 6) is -3.48. The Balaban J connectivity index is 2.12. The van der Waals surface area contributed by atoms with Crippen LogP contribution in [0.2, 0.25) is 22.2 Å². The summed E-state index contributed by atoms with van der Waals surface area (Å²) < 4.78 is 58.4. The van der Waals surface area contributed by atoms with Gasteiger partial charge < -0.3 is 17.7 Å². The second kappa shape index (κ2) is 9.87. The highest BCUT2D eigenvalue weighted by Crippen LogP contribution is 2.52. The Labute approximate surface area is 206 Å². The summed E-state index contributed by atoms with van der Waals surface area (Å²) in [7, 11) is -6.17. The van der Waals surface area contributed by atoms with Crippen molar-refractivity contribution in [3.63, 3.8) is 0 Å². The standard InChI is InChI=1S/C21H36ClF2N3O5Si2/c1-12(2)33(13(3)4)29-11-16-18(31-34(32-33,14(5)6)15(7)8)21(23,24)19(30-16)27-10-9-17(26-22)25-20(27)28/h9-10,12-16,18-19H,11H2,1-8H3,(H,25,26,28). The third kappa shape index (κ3) is 4.50. The highest BCUT2D eigenvalue weighted by molar-refractivity contribution is 6.84. The number of hydrogen-bond donors (Lipinski definition) is 1. The minimum absolute atomic E-state index is 0.0546. The van der Waals surface area contributed by atoms with Crippen LogP contribution in [0.5, 0.6) is 0 Å². The number of nitrogens with zero attached hydrogens (tertiary/aromatic N) is 2. The van der Waals surface area contributed by atoms with E-state index in [0.29, 0.717) is 0 Å². The number of anilines is 1. The van der Waals surface area contributed by atoms with Gasteiger partial charge in [0.15, 0.2) is 0 Å². The second-order valence-electron chi connectivity index (χ2n) is 10.3. The maximum Gasteiger partial charge on any atom is 0.351 e. The first-order chi connectivity index (χ1) is 15.7. The van der Waals surface area contributed by atoms with Crippen molar-refractivity contribution in [3.05, 3.63) is 22.7 Å². The van der Waals surface area contributed by atoms with Crippen molar-refractivity contribution in [3.8, 4) is 0 Å². The van der Waals surface area contributed by atoms with Crippen molar-refractivity contribution in [2.75, 3.05) is 11.4 Å². The monoisotopic (exact) mass is 539 g/mol. The molecule has 1 aromatic heterocycles. The van der Waals surface area contributed by atoms with Crippen LogP contribution in [0.3, 0.4) is 0 Å². The van der Waals surface area contributed by atoms with Gasteiger partial charge in [-0.1, -0.05) is 55.4 Å². The van der Waals surface area contributed by atoms with E-state index in [9.17, 15) is 4.79 Å². The van der Waals surface area contributed by atoms with Crippen LogP contribution < -0.4 is 10.5 Å². The largest absolute Gasteiger partial charge is 0.414 e. The van der Waals surface area contributed by atoms with E-state index in [1.807, 2.05) is 27.7 Å². The molecule has 3 unspecified atom stereocenters. The van der Waals surface area contributed by atoms with E-state index in [1.165, 1.54) is 12.3 Å². The number of halogens is 3. The molecule has 8 nitrogen and oxygen atoms in total. The number of alkyl halides is 2. The highest BCUT2D eigenvalue weighted by Gasteiger charge is 2.67. The van der Waals surface area contributed by atoms with Crippen molar-refractivity contribution in [1.29, 1.82) is 0 Å². The van der Waals surface area contributed by atoms with E-state index in [2.05, 4.69) is 37.5 Å². The van der Waals surface area contributed by atoms with Crippen LogP contribution >= 0.6 is 11.8 Å². The van der Waals surface area contributed by atoms with Gasteiger partial charge in [0.1, 0.15) is 18.0 Å². The summed E-state index contributed by atoms with van der Waals surface area (Å²) in [5.41, 5.74) is -1.01. The van der Waals surface area contributed by atoms with Gasteiger partial charge in [-0.25, -0.2) is 4.79 Å². The Hall–Kier alpha value is -0.896. The molecule has 1 N–H and O–H groups in total. The van der Waals surface area contributed by atoms with E-state index >= 15 is 8.78 Å². The van der Waals surface area contributed by atoms with Gasteiger partial charge in [-0.3, -0.25) is 9.40 Å². The van der Waals surface area contributed by atoms with Gasteiger partial charge in [-0.05, 0) is 28.2 Å². The first-order valence-electron chi connectivity index (χ1n) is 11.7. The lowest BCUT2D eigenvalue weighted by Crippen LogP contribution is -2.66. The first kappa shape index (κ1) is 27.7. The summed E-state index contributed by atoms with van der Waals surface area (Å²) in [4.78, 5) is 18.4. The number of ether oxygens (including phenoxy) is 1. The van der Waals surface area contributed by atoms with Crippen LogP contribution in [0.15, 0.2) is 17.1 Å². The Morgan fingerprint density at radius 3 is 2.12 bits per heavy atom. The van der Waals surface area contributed by atoms with Gasteiger partial charge in [-0.2, -0.15) is 13.8 Å². The van der Waals surface area contributed by atoms with Gasteiger partial charge in [0.05, 0.1) is 6.61 Å². The molecule has 34 heavy (non-hydrogen) atoms. The van der Waals surface area contributed by atoms with Crippen molar-refractivity contribution >= 4 is 34.7 Å². The smallest absolute Gasteiger partial charge is 0.351 e. The van der Waals surface area contributed by atoms with Crippen LogP contribution in [-0.2, 0) is 17.7 Å². The van der Waals surface area contributed by atoms with E-state index < -0.39 is 47.2 Å². The lowest BCUT2D eigenvalue weighted by molar-refractivity contribution is -0.140. The molecule has 2 fully saturated rings. The fourth-order valence-corrected chi connectivity index (χ4v) is 16.3. The zero-order chi connectivity index (χ0) is 25.6. The van der Waals surface area contributed by atoms with Crippen molar-refractivity contribution in [2.45, 2.75) is 102 Å². The molecule has 194 valence electrons. The SMILES string of the molecule is CC(C)[Si]1(C(C)C)OCC2OC(n3ccc(NCl)nc3=O)C(F)(F)C2O[Si](C(C)C)(C(C)C)O1. The topological polar surface area (TPSA) is 83.8 Å². The molecule has 2 aliphatic heterocycles. The average Bonchev–Trinajstić information content (AvgIpc) is 2.96. The maximum absolute atomic E-state index is 15.9. The van der Waals surface area contributed by atoms with Crippen molar-refractivity contribution in [2.24, 2.45) is 0 Å². The molecule has 0 saturated carbocycles. The molecule has 0 aliphatic carbocycles. The molecular weight excluding hydrogens is 504 g/mol. The number of aromatic nitrogens is 2. The van der Waals surface area contributed by atoms with Gasteiger partial charge >= 0.3 is 28.7 Å². The van der Waals surface area contributed by atoms with Gasteiger partial charge in [0.2, 0.25) is 6.23 Å². The predicted molar refractivity (Wildman–Crippen MR) is 131 cm³/mol.